The van der Waals surface area contributed by atoms with Gasteiger partial charge in [0.25, 0.3) is 0 Å². The number of aromatic nitrogens is 3. The first kappa shape index (κ1) is 26.2. The topological polar surface area (TPSA) is 43.9 Å². The molecule has 0 unspecified atom stereocenters. The zero-order valence-corrected chi connectivity index (χ0v) is 26.0. The predicted molar refractivity (Wildman–Crippen MR) is 192 cm³/mol. The molecular weight excluding hydrogens is 574 g/mol. The lowest BCUT2D eigenvalue weighted by Gasteiger charge is -2.21. The number of para-hydroxylation sites is 2. The molecule has 0 aliphatic heterocycles. The van der Waals surface area contributed by atoms with Crippen LogP contribution in [0.2, 0.25) is 0 Å². The van der Waals surface area contributed by atoms with Crippen molar-refractivity contribution >= 4 is 43.7 Å². The van der Waals surface area contributed by atoms with E-state index in [4.69, 9.17) is 14.4 Å². The fraction of sp³-hybridized carbons (Fsp3) is 0.0698. The van der Waals surface area contributed by atoms with E-state index in [2.05, 4.69) is 134 Å². The maximum atomic E-state index is 6.07. The summed E-state index contributed by atoms with van der Waals surface area (Å²) in [5.41, 5.74) is 14.2. The van der Waals surface area contributed by atoms with Crippen molar-refractivity contribution in [2.45, 2.75) is 19.3 Å². The number of furan rings is 1. The summed E-state index contributed by atoms with van der Waals surface area (Å²) in [4.78, 5) is 9.99. The molecule has 0 spiro atoms. The summed E-state index contributed by atoms with van der Waals surface area (Å²) >= 11 is 0. The first-order valence-electron chi connectivity index (χ1n) is 16.1. The number of fused-ring (bicyclic) bond motifs is 9. The second-order valence-corrected chi connectivity index (χ2v) is 13.1. The lowest BCUT2D eigenvalue weighted by Crippen LogP contribution is -2.15. The molecule has 0 atom stereocenters. The van der Waals surface area contributed by atoms with E-state index >= 15 is 0 Å². The smallest absolute Gasteiger partial charge is 0.135 e. The molecule has 1 aliphatic rings. The largest absolute Gasteiger partial charge is 0.456 e. The van der Waals surface area contributed by atoms with Crippen molar-refractivity contribution in [1.29, 1.82) is 0 Å². The molecule has 222 valence electrons. The Labute approximate surface area is 271 Å². The van der Waals surface area contributed by atoms with Gasteiger partial charge in [-0.3, -0.25) is 4.98 Å². The van der Waals surface area contributed by atoms with E-state index in [9.17, 15) is 0 Å². The molecule has 0 saturated carbocycles. The number of hydrogen-bond acceptors (Lipinski definition) is 3. The number of pyridine rings is 2. The minimum Gasteiger partial charge on any atom is -0.456 e. The molecule has 47 heavy (non-hydrogen) atoms. The van der Waals surface area contributed by atoms with Crippen LogP contribution in [0.15, 0.2) is 144 Å². The quantitative estimate of drug-likeness (QED) is 0.202. The van der Waals surface area contributed by atoms with Crippen molar-refractivity contribution in [2.24, 2.45) is 0 Å². The highest BCUT2D eigenvalue weighted by atomic mass is 16.3. The Kier molecular flexibility index (Phi) is 5.31. The molecule has 4 nitrogen and oxygen atoms in total. The summed E-state index contributed by atoms with van der Waals surface area (Å²) in [5.74, 6) is 0. The van der Waals surface area contributed by atoms with Crippen molar-refractivity contribution in [3.05, 3.63) is 151 Å². The summed E-state index contributed by atoms with van der Waals surface area (Å²) in [5, 5.41) is 4.65. The minimum absolute atomic E-state index is 0.0766. The van der Waals surface area contributed by atoms with E-state index in [-0.39, 0.29) is 5.41 Å². The Hall–Kier alpha value is -6.00. The Morgan fingerprint density at radius 1 is 0.553 bits per heavy atom. The molecule has 0 N–H and O–H groups in total. The van der Waals surface area contributed by atoms with Gasteiger partial charge in [0.05, 0.1) is 28.1 Å². The van der Waals surface area contributed by atoms with Gasteiger partial charge in [0.15, 0.2) is 0 Å². The molecule has 0 bridgehead atoms. The molecule has 10 rings (SSSR count). The molecule has 0 fully saturated rings. The van der Waals surface area contributed by atoms with Crippen molar-refractivity contribution in [3.8, 4) is 39.5 Å². The molecule has 4 heterocycles. The molecule has 9 aromatic rings. The van der Waals surface area contributed by atoms with E-state index in [1.807, 2.05) is 24.4 Å². The predicted octanol–water partition coefficient (Wildman–Crippen LogP) is 11.1. The van der Waals surface area contributed by atoms with Crippen molar-refractivity contribution in [3.63, 3.8) is 0 Å². The maximum Gasteiger partial charge on any atom is 0.135 e. The van der Waals surface area contributed by atoms with Crippen molar-refractivity contribution < 1.29 is 4.42 Å². The van der Waals surface area contributed by atoms with E-state index in [0.29, 0.717) is 0 Å². The van der Waals surface area contributed by atoms with Gasteiger partial charge in [0, 0.05) is 55.5 Å². The zero-order valence-electron chi connectivity index (χ0n) is 26.0. The van der Waals surface area contributed by atoms with Gasteiger partial charge in [-0.1, -0.05) is 74.5 Å². The van der Waals surface area contributed by atoms with E-state index < -0.39 is 0 Å². The van der Waals surface area contributed by atoms with Gasteiger partial charge in [0.1, 0.15) is 11.2 Å². The zero-order chi connectivity index (χ0) is 31.3. The highest BCUT2D eigenvalue weighted by molar-refractivity contribution is 6.10. The molecule has 4 heteroatoms. The van der Waals surface area contributed by atoms with Gasteiger partial charge < -0.3 is 8.98 Å². The van der Waals surface area contributed by atoms with Crippen LogP contribution < -0.4 is 0 Å². The summed E-state index contributed by atoms with van der Waals surface area (Å²) in [6.45, 7) is 4.59. The normalized spacial score (nSPS) is 13.5. The first-order valence-corrected chi connectivity index (χ1v) is 16.1. The van der Waals surface area contributed by atoms with Gasteiger partial charge in [-0.15, -0.1) is 0 Å². The van der Waals surface area contributed by atoms with E-state index in [1.165, 1.54) is 38.5 Å². The average Bonchev–Trinajstić information content (AvgIpc) is 3.73. The Bertz CT molecular complexity index is 2730. The fourth-order valence-corrected chi connectivity index (χ4v) is 7.73. The van der Waals surface area contributed by atoms with Gasteiger partial charge >= 0.3 is 0 Å². The van der Waals surface area contributed by atoms with Crippen LogP contribution in [0.3, 0.4) is 0 Å². The number of rotatable bonds is 3. The third kappa shape index (κ3) is 3.76. The highest BCUT2D eigenvalue weighted by Crippen LogP contribution is 2.48. The molecular formula is C43H29N3O. The van der Waals surface area contributed by atoms with Crippen LogP contribution in [0.25, 0.3) is 83.2 Å². The monoisotopic (exact) mass is 603 g/mol. The summed E-state index contributed by atoms with van der Waals surface area (Å²) in [7, 11) is 0. The highest BCUT2D eigenvalue weighted by Gasteiger charge is 2.36. The second-order valence-electron chi connectivity index (χ2n) is 13.1. The lowest BCUT2D eigenvalue weighted by molar-refractivity contribution is 0.659. The number of nitrogens with zero attached hydrogens (tertiary/aromatic N) is 3. The van der Waals surface area contributed by atoms with Gasteiger partial charge in [-0.25, -0.2) is 4.98 Å². The Balaban J connectivity index is 1.11. The van der Waals surface area contributed by atoms with Crippen LogP contribution in [0.1, 0.15) is 25.0 Å². The van der Waals surface area contributed by atoms with Crippen LogP contribution in [0, 0.1) is 0 Å². The third-order valence-electron chi connectivity index (χ3n) is 10.1. The molecule has 0 amide bonds. The van der Waals surface area contributed by atoms with Crippen LogP contribution in [-0.2, 0) is 5.41 Å². The summed E-state index contributed by atoms with van der Waals surface area (Å²) < 4.78 is 8.45. The van der Waals surface area contributed by atoms with Crippen molar-refractivity contribution in [2.75, 3.05) is 0 Å². The van der Waals surface area contributed by atoms with Crippen LogP contribution in [0.5, 0.6) is 0 Å². The van der Waals surface area contributed by atoms with E-state index in [1.54, 1.807) is 0 Å². The SMILES string of the molecule is CC1(C)c2ccc(-n3c4ccccc4c4cc(-c5cccc(-c6ccc7oc8ccccc8c7c6)n5)ccc43)cc2-c2ncccc21. The third-order valence-corrected chi connectivity index (χ3v) is 10.1. The fourth-order valence-electron chi connectivity index (χ4n) is 7.73. The average molecular weight is 604 g/mol. The summed E-state index contributed by atoms with van der Waals surface area (Å²) in [6.07, 6.45) is 1.90. The number of hydrogen-bond donors (Lipinski definition) is 0. The van der Waals surface area contributed by atoms with Crippen LogP contribution in [0.4, 0.5) is 0 Å². The first-order chi connectivity index (χ1) is 23.0. The maximum absolute atomic E-state index is 6.07. The second kappa shape index (κ2) is 9.51. The molecule has 5 aromatic carbocycles. The standard InChI is InChI=1S/C43H29N3O/c1-43(2)34-19-18-28(25-33(34)42-35(43)11-8-22-44-42)46-38-14-5-3-9-29(38)31-23-26(16-20-39(31)46)36-12-7-13-37(45-36)27-17-21-41-32(24-27)30-10-4-6-15-40(30)47-41/h3-25H,1-2H3. The van der Waals surface area contributed by atoms with Crippen molar-refractivity contribution in [1.82, 2.24) is 14.5 Å². The van der Waals surface area contributed by atoms with E-state index in [0.717, 1.165) is 55.8 Å². The molecule has 0 radical (unpaired) electrons. The Morgan fingerprint density at radius 2 is 1.28 bits per heavy atom. The van der Waals surface area contributed by atoms with Crippen LogP contribution >= 0.6 is 0 Å². The lowest BCUT2D eigenvalue weighted by atomic mass is 9.83. The van der Waals surface area contributed by atoms with Gasteiger partial charge in [-0.05, 0) is 83.9 Å². The van der Waals surface area contributed by atoms with Gasteiger partial charge in [0.2, 0.25) is 0 Å². The molecule has 1 aliphatic carbocycles. The molecule has 0 saturated heterocycles. The Morgan fingerprint density at radius 3 is 2.15 bits per heavy atom. The molecule has 4 aromatic heterocycles. The number of benzene rings is 5. The van der Waals surface area contributed by atoms with Gasteiger partial charge in [-0.2, -0.15) is 0 Å². The van der Waals surface area contributed by atoms with Crippen LogP contribution in [-0.4, -0.2) is 14.5 Å². The summed E-state index contributed by atoms with van der Waals surface area (Å²) in [6, 6.07) is 47.4. The minimum atomic E-state index is -0.0766.